The predicted octanol–water partition coefficient (Wildman–Crippen LogP) is 11.6. The van der Waals surface area contributed by atoms with Crippen LogP contribution in [0.1, 0.15) is 78.6 Å². The molecule has 5 aromatic rings. The molecule has 0 aliphatic carbocycles. The van der Waals surface area contributed by atoms with E-state index >= 15 is 0 Å². The van der Waals surface area contributed by atoms with E-state index in [-0.39, 0.29) is 34.7 Å². The summed E-state index contributed by atoms with van der Waals surface area (Å²) in [5, 5.41) is 22.5. The second-order valence-electron chi connectivity index (χ2n) is 13.6. The zero-order valence-electron chi connectivity index (χ0n) is 30.7. The van der Waals surface area contributed by atoms with Crippen molar-refractivity contribution >= 4 is 68.5 Å². The van der Waals surface area contributed by atoms with Gasteiger partial charge in [-0.3, -0.25) is 14.1 Å². The molecule has 1 saturated heterocycles. The number of aliphatic carboxylic acids is 1. The van der Waals surface area contributed by atoms with Gasteiger partial charge >= 0.3 is 11.9 Å². The summed E-state index contributed by atoms with van der Waals surface area (Å²) < 4.78 is 35.3. The van der Waals surface area contributed by atoms with Gasteiger partial charge in [0.05, 0.1) is 22.8 Å². The van der Waals surface area contributed by atoms with Crippen LogP contribution in [0, 0.1) is 18.8 Å². The van der Waals surface area contributed by atoms with E-state index in [9.17, 15) is 28.2 Å². The summed E-state index contributed by atoms with van der Waals surface area (Å²) in [6.45, 7) is 5.38. The largest absolute Gasteiger partial charge is 0.481 e. The Morgan fingerprint density at radius 2 is 1.32 bits per heavy atom. The van der Waals surface area contributed by atoms with Crippen LogP contribution in [0.4, 0.5) is 0 Å². The zero-order chi connectivity index (χ0) is 41.2. The van der Waals surface area contributed by atoms with Gasteiger partial charge in [0.15, 0.2) is 0 Å². The third-order valence-corrected chi connectivity index (χ3v) is 11.2. The molecule has 0 radical (unpaired) electrons. The molecule has 296 valence electrons. The molecule has 56 heavy (non-hydrogen) atoms. The summed E-state index contributed by atoms with van der Waals surface area (Å²) in [4.78, 5) is 23.2. The molecule has 1 heterocycles. The zero-order valence-corrected chi connectivity index (χ0v) is 34.6. The van der Waals surface area contributed by atoms with Crippen molar-refractivity contribution in [2.24, 2.45) is 11.8 Å². The molecule has 1 aliphatic heterocycles. The summed E-state index contributed by atoms with van der Waals surface area (Å²) in [6, 6.07) is 35.3. The molecule has 1 fully saturated rings. The number of hydrogen-bond donors (Lipinski definition) is 3. The third-order valence-electron chi connectivity index (χ3n) is 9.31. The van der Waals surface area contributed by atoms with Gasteiger partial charge in [0, 0.05) is 31.9 Å². The van der Waals surface area contributed by atoms with Crippen molar-refractivity contribution in [3.8, 4) is 0 Å². The van der Waals surface area contributed by atoms with Crippen LogP contribution in [0.5, 0.6) is 0 Å². The van der Waals surface area contributed by atoms with Crippen molar-refractivity contribution in [1.82, 2.24) is 0 Å². The van der Waals surface area contributed by atoms with Crippen LogP contribution in [0.2, 0.25) is 20.1 Å². The molecule has 6 unspecified atom stereocenters. The molecular weight excluding hydrogens is 818 g/mol. The monoisotopic (exact) mass is 858 g/mol. The molecule has 1 aliphatic rings. The Bertz CT molecular complexity index is 2180. The molecule has 0 spiro atoms. The number of carboxylic acid groups (broad SMARTS) is 1. The van der Waals surface area contributed by atoms with Crippen LogP contribution in [-0.2, 0) is 24.4 Å². The van der Waals surface area contributed by atoms with Crippen LogP contribution in [-0.4, -0.2) is 35.1 Å². The highest BCUT2D eigenvalue weighted by molar-refractivity contribution is 7.85. The highest BCUT2D eigenvalue weighted by Gasteiger charge is 2.37. The van der Waals surface area contributed by atoms with Gasteiger partial charge < -0.3 is 14.9 Å². The fourth-order valence-electron chi connectivity index (χ4n) is 6.19. The average molecular weight is 861 g/mol. The summed E-state index contributed by atoms with van der Waals surface area (Å²) in [7, 11) is -4.02. The van der Waals surface area contributed by atoms with Crippen LogP contribution in [0.25, 0.3) is 0 Å². The number of carbonyl (C=O) groups is 2. The van der Waals surface area contributed by atoms with Gasteiger partial charge in [-0.1, -0.05) is 126 Å². The number of halogens is 4. The first-order valence-electron chi connectivity index (χ1n) is 17.6. The first-order chi connectivity index (χ1) is 26.4. The maximum atomic E-state index is 12.0. The van der Waals surface area contributed by atoms with Gasteiger partial charge in [-0.15, -0.1) is 0 Å². The minimum atomic E-state index is -4.02. The van der Waals surface area contributed by atoms with E-state index in [1.54, 1.807) is 61.5 Å². The Morgan fingerprint density at radius 1 is 0.768 bits per heavy atom. The molecule has 0 amide bonds. The van der Waals surface area contributed by atoms with Crippen molar-refractivity contribution in [2.75, 3.05) is 0 Å². The number of rotatable bonds is 9. The molecule has 0 aromatic heterocycles. The van der Waals surface area contributed by atoms with Crippen LogP contribution in [0.3, 0.4) is 0 Å². The second-order valence-corrected chi connectivity index (χ2v) is 16.8. The standard InChI is InChI=1S/C18H18Cl2O3.C18H16Cl2O2.C7H8O3S/c1-11(18(22)23)9-16(13-3-2-4-15(20)10-13)17(21)12-5-7-14(19)8-6-12;1-11-9-16(13-3-2-4-15(20)10-13)17(22-18(11)21)12-5-7-14(19)8-6-12;1-6-2-4-7(5-3-6)11(8,9)10/h2-8,10-11,16-17,21H,9H2,1H3,(H,22,23);2-8,10-11,16-17H,9H2,1H3;2-5H,1H3,(H,8,9,10). The highest BCUT2D eigenvalue weighted by Crippen LogP contribution is 2.44. The van der Waals surface area contributed by atoms with Gasteiger partial charge in [0.2, 0.25) is 0 Å². The Hall–Kier alpha value is -3.93. The lowest BCUT2D eigenvalue weighted by molar-refractivity contribution is -0.162. The van der Waals surface area contributed by atoms with Crippen LogP contribution in [0.15, 0.2) is 126 Å². The predicted molar refractivity (Wildman–Crippen MR) is 221 cm³/mol. The van der Waals surface area contributed by atoms with Gasteiger partial charge in [-0.25, -0.2) is 0 Å². The molecule has 8 nitrogen and oxygen atoms in total. The van der Waals surface area contributed by atoms with E-state index in [0.29, 0.717) is 32.1 Å². The second kappa shape index (κ2) is 20.5. The number of aryl methyl sites for hydroxylation is 1. The number of ether oxygens (including phenoxy) is 1. The number of esters is 1. The quantitative estimate of drug-likeness (QED) is 0.0984. The Kier molecular flexibility index (Phi) is 16.4. The van der Waals surface area contributed by atoms with Crippen molar-refractivity contribution in [3.05, 3.63) is 169 Å². The molecule has 6 rings (SSSR count). The number of aliphatic hydroxyl groups excluding tert-OH is 1. The normalized spacial score (nSPS) is 18.2. The Labute approximate surface area is 347 Å². The van der Waals surface area contributed by atoms with E-state index in [4.69, 9.17) is 55.7 Å². The Morgan fingerprint density at radius 3 is 1.86 bits per heavy atom. The minimum Gasteiger partial charge on any atom is -0.481 e. The smallest absolute Gasteiger partial charge is 0.309 e. The van der Waals surface area contributed by atoms with E-state index in [1.165, 1.54) is 12.1 Å². The lowest BCUT2D eigenvalue weighted by atomic mass is 9.80. The van der Waals surface area contributed by atoms with Crippen molar-refractivity contribution < 1.29 is 37.5 Å². The lowest BCUT2D eigenvalue weighted by Crippen LogP contribution is -2.30. The van der Waals surface area contributed by atoms with E-state index in [2.05, 4.69) is 0 Å². The molecule has 0 bridgehead atoms. The van der Waals surface area contributed by atoms with Crippen LogP contribution >= 0.6 is 46.4 Å². The summed E-state index contributed by atoms with van der Waals surface area (Å²) >= 11 is 24.0. The number of carbonyl (C=O) groups excluding carboxylic acids is 1. The van der Waals surface area contributed by atoms with Gasteiger partial charge in [-0.05, 0) is 103 Å². The van der Waals surface area contributed by atoms with Gasteiger partial charge in [0.1, 0.15) is 6.10 Å². The van der Waals surface area contributed by atoms with E-state index in [0.717, 1.165) is 28.7 Å². The minimum absolute atomic E-state index is 0.0666. The summed E-state index contributed by atoms with van der Waals surface area (Å²) in [5.41, 5.74) is 4.50. The molecule has 5 aromatic carbocycles. The maximum Gasteiger partial charge on any atom is 0.309 e. The summed E-state index contributed by atoms with van der Waals surface area (Å²) in [6.07, 6.45) is -0.0988. The van der Waals surface area contributed by atoms with Gasteiger partial charge in [0.25, 0.3) is 10.1 Å². The number of benzene rings is 5. The fourth-order valence-corrected chi connectivity index (χ4v) is 7.32. The lowest BCUT2D eigenvalue weighted by Gasteiger charge is -2.35. The van der Waals surface area contributed by atoms with E-state index < -0.39 is 28.1 Å². The van der Waals surface area contributed by atoms with E-state index in [1.807, 2.05) is 68.4 Å². The average Bonchev–Trinajstić information content (AvgIpc) is 3.15. The molecule has 13 heteroatoms. The first-order valence-corrected chi connectivity index (χ1v) is 20.6. The molecular formula is C43H42Cl4O8S. The Balaban J connectivity index is 0.000000198. The summed E-state index contributed by atoms with van der Waals surface area (Å²) in [5.74, 6) is -2.03. The molecule has 0 saturated carbocycles. The molecule has 3 N–H and O–H groups in total. The first kappa shape index (κ1) is 44.8. The maximum absolute atomic E-state index is 12.0. The third kappa shape index (κ3) is 13.1. The van der Waals surface area contributed by atoms with Crippen molar-refractivity contribution in [1.29, 1.82) is 0 Å². The van der Waals surface area contributed by atoms with Crippen molar-refractivity contribution in [2.45, 2.75) is 62.6 Å². The van der Waals surface area contributed by atoms with Crippen molar-refractivity contribution in [3.63, 3.8) is 0 Å². The molecule has 6 atom stereocenters. The fraction of sp³-hybridized carbons (Fsp3) is 0.256. The topological polar surface area (TPSA) is 138 Å². The van der Waals surface area contributed by atoms with Crippen LogP contribution < -0.4 is 0 Å². The number of carboxylic acids is 1. The van der Waals surface area contributed by atoms with Gasteiger partial charge in [-0.2, -0.15) is 8.42 Å². The number of aliphatic hydroxyl groups is 1. The SMILES string of the molecule is CC(CC(c1cccc(Cl)c1)C(O)c1ccc(Cl)cc1)C(=O)O.CC1CC(c2cccc(Cl)c2)C(c2ccc(Cl)cc2)OC1=O.Cc1ccc(S(=O)(=O)O)cc1. The number of cyclic esters (lactones) is 1. The highest BCUT2D eigenvalue weighted by atomic mass is 35.5. The number of hydrogen-bond acceptors (Lipinski definition) is 6.